The molecule has 0 fully saturated rings. The van der Waals surface area contributed by atoms with Crippen LogP contribution in [0.3, 0.4) is 0 Å². The number of rotatable bonds is 4. The largest absolute Gasteiger partial charge is 0.345 e. The number of benzene rings is 1. The predicted molar refractivity (Wildman–Crippen MR) is 83.4 cm³/mol. The lowest BCUT2D eigenvalue weighted by molar-refractivity contribution is 0.0932. The van der Waals surface area contributed by atoms with Crippen LogP contribution in [0.5, 0.6) is 0 Å². The number of pyridine rings is 1. The second-order valence-corrected chi connectivity index (χ2v) is 5.44. The Morgan fingerprint density at radius 1 is 1.26 bits per heavy atom. The van der Waals surface area contributed by atoms with Crippen LogP contribution in [0.15, 0.2) is 29.1 Å². The van der Waals surface area contributed by atoms with Gasteiger partial charge in [-0.05, 0) is 38.0 Å². The molecule has 0 saturated carbocycles. The quantitative estimate of drug-likeness (QED) is 0.909. The van der Waals surface area contributed by atoms with Crippen molar-refractivity contribution in [2.24, 2.45) is 0 Å². The third-order valence-electron chi connectivity index (χ3n) is 3.64. The maximum Gasteiger partial charge on any atom is 0.261 e. The third kappa shape index (κ3) is 3.64. The van der Waals surface area contributed by atoms with Gasteiger partial charge in [-0.1, -0.05) is 13.0 Å². The molecule has 0 saturated heterocycles. The SMILES string of the molecule is CC[C@H](NC(=O)c1c(C)cc(C)[nH]c1=O)c1ccc(F)cc1F. The summed E-state index contributed by atoms with van der Waals surface area (Å²) in [6.07, 6.45) is 0.400. The average molecular weight is 320 g/mol. The number of nitrogens with one attached hydrogen (secondary N) is 2. The second-order valence-electron chi connectivity index (χ2n) is 5.44. The first kappa shape index (κ1) is 16.9. The van der Waals surface area contributed by atoms with Gasteiger partial charge in [-0.2, -0.15) is 0 Å². The molecule has 6 heteroatoms. The van der Waals surface area contributed by atoms with Crippen LogP contribution in [-0.4, -0.2) is 10.9 Å². The van der Waals surface area contributed by atoms with Gasteiger partial charge in [0.25, 0.3) is 11.5 Å². The van der Waals surface area contributed by atoms with E-state index in [-0.39, 0.29) is 11.1 Å². The highest BCUT2D eigenvalue weighted by molar-refractivity contribution is 5.95. The Morgan fingerprint density at radius 3 is 2.52 bits per heavy atom. The van der Waals surface area contributed by atoms with Gasteiger partial charge in [0, 0.05) is 17.3 Å². The van der Waals surface area contributed by atoms with Crippen molar-refractivity contribution in [2.75, 3.05) is 0 Å². The minimum Gasteiger partial charge on any atom is -0.345 e. The Bertz CT molecular complexity index is 800. The number of carbonyl (C=O) groups excluding carboxylic acids is 1. The minimum atomic E-state index is -0.730. The van der Waals surface area contributed by atoms with Crippen molar-refractivity contribution in [3.05, 3.63) is 68.6 Å². The highest BCUT2D eigenvalue weighted by Crippen LogP contribution is 2.21. The molecule has 0 unspecified atom stereocenters. The van der Waals surface area contributed by atoms with Crippen molar-refractivity contribution >= 4 is 5.91 Å². The monoisotopic (exact) mass is 320 g/mol. The van der Waals surface area contributed by atoms with E-state index < -0.39 is 29.1 Å². The Morgan fingerprint density at radius 2 is 1.96 bits per heavy atom. The number of halogens is 2. The molecule has 0 aliphatic carbocycles. The summed E-state index contributed by atoms with van der Waals surface area (Å²) >= 11 is 0. The van der Waals surface area contributed by atoms with E-state index in [4.69, 9.17) is 0 Å². The van der Waals surface area contributed by atoms with Gasteiger partial charge in [-0.25, -0.2) is 8.78 Å². The van der Waals surface area contributed by atoms with E-state index in [1.165, 1.54) is 6.07 Å². The molecule has 2 aromatic rings. The normalized spacial score (nSPS) is 12.0. The molecule has 0 aliphatic rings. The van der Waals surface area contributed by atoms with E-state index in [0.717, 1.165) is 12.1 Å². The molecule has 122 valence electrons. The van der Waals surface area contributed by atoms with Crippen LogP contribution < -0.4 is 10.9 Å². The van der Waals surface area contributed by atoms with Crippen LogP contribution in [0.1, 0.15) is 46.6 Å². The smallest absolute Gasteiger partial charge is 0.261 e. The zero-order chi connectivity index (χ0) is 17.1. The van der Waals surface area contributed by atoms with E-state index in [9.17, 15) is 18.4 Å². The van der Waals surface area contributed by atoms with Gasteiger partial charge in [-0.15, -0.1) is 0 Å². The zero-order valence-corrected chi connectivity index (χ0v) is 13.2. The number of hydrogen-bond acceptors (Lipinski definition) is 2. The summed E-state index contributed by atoms with van der Waals surface area (Å²) in [6.45, 7) is 5.15. The lowest BCUT2D eigenvalue weighted by atomic mass is 10.0. The summed E-state index contributed by atoms with van der Waals surface area (Å²) in [6, 6.07) is 4.25. The zero-order valence-electron chi connectivity index (χ0n) is 13.2. The Hall–Kier alpha value is -2.50. The number of carbonyl (C=O) groups is 1. The maximum atomic E-state index is 13.9. The molecular weight excluding hydrogens is 302 g/mol. The van der Waals surface area contributed by atoms with Crippen molar-refractivity contribution in [2.45, 2.75) is 33.2 Å². The van der Waals surface area contributed by atoms with Crippen LogP contribution in [0.4, 0.5) is 8.78 Å². The molecule has 0 aliphatic heterocycles. The molecule has 1 aromatic carbocycles. The Kier molecular flexibility index (Phi) is 4.93. The minimum absolute atomic E-state index is 0.00318. The molecule has 1 amide bonds. The summed E-state index contributed by atoms with van der Waals surface area (Å²) in [5, 5.41) is 2.64. The second kappa shape index (κ2) is 6.73. The molecule has 0 radical (unpaired) electrons. The van der Waals surface area contributed by atoms with Gasteiger partial charge < -0.3 is 10.3 Å². The van der Waals surface area contributed by atoms with Crippen LogP contribution in [0.2, 0.25) is 0 Å². The molecule has 4 nitrogen and oxygen atoms in total. The summed E-state index contributed by atoms with van der Waals surface area (Å²) in [4.78, 5) is 26.9. The average Bonchev–Trinajstić information content (AvgIpc) is 2.44. The fraction of sp³-hybridized carbons (Fsp3) is 0.294. The van der Waals surface area contributed by atoms with Gasteiger partial charge in [0.1, 0.15) is 17.2 Å². The molecule has 2 rings (SSSR count). The number of amides is 1. The lowest BCUT2D eigenvalue weighted by Gasteiger charge is -2.18. The standard InChI is InChI=1S/C17H18F2N2O2/c1-4-14(12-6-5-11(18)8-13(12)19)21-17(23)15-9(2)7-10(3)20-16(15)22/h5-8,14H,4H2,1-3H3,(H,20,22)(H,21,23)/t14-/m0/s1. The van der Waals surface area contributed by atoms with Gasteiger partial charge in [-0.3, -0.25) is 9.59 Å². The fourth-order valence-electron chi connectivity index (χ4n) is 2.55. The van der Waals surface area contributed by atoms with Gasteiger partial charge >= 0.3 is 0 Å². The number of aromatic nitrogens is 1. The Labute approximate surface area is 132 Å². The van der Waals surface area contributed by atoms with E-state index in [1.807, 2.05) is 0 Å². The van der Waals surface area contributed by atoms with Crippen molar-refractivity contribution in [1.82, 2.24) is 10.3 Å². The summed E-state index contributed by atoms with van der Waals surface area (Å²) in [7, 11) is 0. The van der Waals surface area contributed by atoms with Crippen molar-refractivity contribution in [1.29, 1.82) is 0 Å². The third-order valence-corrected chi connectivity index (χ3v) is 3.64. The van der Waals surface area contributed by atoms with E-state index in [2.05, 4.69) is 10.3 Å². The molecular formula is C17H18F2N2O2. The first-order valence-electron chi connectivity index (χ1n) is 7.29. The first-order valence-corrected chi connectivity index (χ1v) is 7.29. The van der Waals surface area contributed by atoms with E-state index >= 15 is 0 Å². The van der Waals surface area contributed by atoms with Crippen molar-refractivity contribution in [3.8, 4) is 0 Å². The molecule has 2 N–H and O–H groups in total. The van der Waals surface area contributed by atoms with Crippen LogP contribution in [0.25, 0.3) is 0 Å². The number of H-pyrrole nitrogens is 1. The summed E-state index contributed by atoms with van der Waals surface area (Å²) in [5.74, 6) is -2.00. The predicted octanol–water partition coefficient (Wildman–Crippen LogP) is 3.15. The first-order chi connectivity index (χ1) is 10.8. The molecule has 0 bridgehead atoms. The lowest BCUT2D eigenvalue weighted by Crippen LogP contribution is -2.34. The van der Waals surface area contributed by atoms with Crippen LogP contribution in [0, 0.1) is 25.5 Å². The summed E-state index contributed by atoms with van der Waals surface area (Å²) in [5.41, 5.74) is 0.883. The van der Waals surface area contributed by atoms with Crippen LogP contribution in [-0.2, 0) is 0 Å². The number of aryl methyl sites for hydroxylation is 2. The van der Waals surface area contributed by atoms with Crippen LogP contribution >= 0.6 is 0 Å². The summed E-state index contributed by atoms with van der Waals surface area (Å²) < 4.78 is 26.9. The molecule has 1 atom stereocenters. The van der Waals surface area contributed by atoms with E-state index in [1.54, 1.807) is 26.8 Å². The molecule has 1 heterocycles. The van der Waals surface area contributed by atoms with Gasteiger partial charge in [0.15, 0.2) is 0 Å². The molecule has 1 aromatic heterocycles. The topological polar surface area (TPSA) is 62.0 Å². The number of aromatic amines is 1. The van der Waals surface area contributed by atoms with Gasteiger partial charge in [0.2, 0.25) is 0 Å². The highest BCUT2D eigenvalue weighted by atomic mass is 19.1. The number of hydrogen-bond donors (Lipinski definition) is 2. The maximum absolute atomic E-state index is 13.9. The molecule has 23 heavy (non-hydrogen) atoms. The van der Waals surface area contributed by atoms with Crippen molar-refractivity contribution < 1.29 is 13.6 Å². The van der Waals surface area contributed by atoms with Crippen molar-refractivity contribution in [3.63, 3.8) is 0 Å². The fourth-order valence-corrected chi connectivity index (χ4v) is 2.55. The highest BCUT2D eigenvalue weighted by Gasteiger charge is 2.21. The molecule has 0 spiro atoms. The van der Waals surface area contributed by atoms with Gasteiger partial charge in [0.05, 0.1) is 6.04 Å². The van der Waals surface area contributed by atoms with E-state index in [0.29, 0.717) is 17.7 Å². The Balaban J connectivity index is 2.32.